The van der Waals surface area contributed by atoms with Gasteiger partial charge in [0.05, 0.1) is 22.6 Å². The van der Waals surface area contributed by atoms with Gasteiger partial charge < -0.3 is 15.3 Å². The summed E-state index contributed by atoms with van der Waals surface area (Å²) < 4.78 is 1.97. The van der Waals surface area contributed by atoms with Crippen LogP contribution in [0.25, 0.3) is 28.1 Å². The lowest BCUT2D eigenvalue weighted by Gasteiger charge is -2.18. The van der Waals surface area contributed by atoms with Crippen molar-refractivity contribution in [2.24, 2.45) is 7.05 Å². The summed E-state index contributed by atoms with van der Waals surface area (Å²) in [5.41, 5.74) is 12.1. The molecule has 43 heavy (non-hydrogen) atoms. The zero-order valence-electron chi connectivity index (χ0n) is 25.3. The first-order chi connectivity index (χ1) is 20.8. The first-order valence-electron chi connectivity index (χ1n) is 15.1. The van der Waals surface area contributed by atoms with Crippen LogP contribution in [0.2, 0.25) is 0 Å². The van der Waals surface area contributed by atoms with Crippen molar-refractivity contribution >= 4 is 23.2 Å². The second-order valence-corrected chi connectivity index (χ2v) is 11.4. The lowest BCUT2D eigenvalue weighted by atomic mass is 9.91. The summed E-state index contributed by atoms with van der Waals surface area (Å²) in [4.78, 5) is 23.6. The first-order valence-corrected chi connectivity index (χ1v) is 15.1. The molecule has 2 N–H and O–H groups in total. The monoisotopic (exact) mass is 574 g/mol. The summed E-state index contributed by atoms with van der Waals surface area (Å²) in [6, 6.07) is 13.9. The van der Waals surface area contributed by atoms with Gasteiger partial charge in [-0.2, -0.15) is 5.10 Å². The van der Waals surface area contributed by atoms with Crippen molar-refractivity contribution in [2.75, 3.05) is 18.4 Å². The van der Waals surface area contributed by atoms with Crippen LogP contribution in [0.1, 0.15) is 66.4 Å². The van der Waals surface area contributed by atoms with E-state index in [0.29, 0.717) is 5.95 Å². The second kappa shape index (κ2) is 11.9. The van der Waals surface area contributed by atoms with Crippen LogP contribution in [0, 0.1) is 0 Å². The quantitative estimate of drug-likeness (QED) is 0.233. The van der Waals surface area contributed by atoms with E-state index in [-0.39, 0.29) is 5.56 Å². The Labute approximate surface area is 252 Å². The summed E-state index contributed by atoms with van der Waals surface area (Å²) in [7, 11) is 2.00. The lowest BCUT2D eigenvalue weighted by molar-refractivity contribution is 0.0696. The number of allylic oxidation sites excluding steroid dienone is 2. The Balaban J connectivity index is 1.36. The molecule has 1 aliphatic heterocycles. The van der Waals surface area contributed by atoms with Crippen molar-refractivity contribution < 1.29 is 9.90 Å². The number of aromatic carboxylic acids is 1. The first kappa shape index (κ1) is 28.4. The number of nitrogens with one attached hydrogen (secondary N) is 1. The predicted octanol–water partition coefficient (Wildman–Crippen LogP) is 7.05. The summed E-state index contributed by atoms with van der Waals surface area (Å²) in [6.45, 7) is 8.53. The largest absolute Gasteiger partial charge is 0.478 e. The van der Waals surface area contributed by atoms with E-state index >= 15 is 0 Å². The molecule has 3 heterocycles. The van der Waals surface area contributed by atoms with Crippen molar-refractivity contribution in [3.8, 4) is 22.5 Å². The van der Waals surface area contributed by atoms with Gasteiger partial charge in [0.1, 0.15) is 0 Å². The van der Waals surface area contributed by atoms with Crippen LogP contribution in [0.15, 0.2) is 66.5 Å². The summed E-state index contributed by atoms with van der Waals surface area (Å²) in [6.07, 6.45) is 10.9. The van der Waals surface area contributed by atoms with Gasteiger partial charge >= 0.3 is 5.97 Å². The lowest BCUT2D eigenvalue weighted by Crippen LogP contribution is -2.17. The molecule has 0 spiro atoms. The van der Waals surface area contributed by atoms with Crippen LogP contribution in [0.3, 0.4) is 0 Å². The number of anilines is 2. The number of hydrogen-bond acceptors (Lipinski definition) is 6. The number of benzene rings is 2. The minimum absolute atomic E-state index is 0.278. The number of nitrogens with zero attached hydrogens (tertiary/aromatic N) is 5. The summed E-state index contributed by atoms with van der Waals surface area (Å²) in [5, 5.41) is 17.8. The van der Waals surface area contributed by atoms with Crippen LogP contribution < -0.4 is 5.32 Å². The number of fused-ring (bicyclic) bond motifs is 3. The van der Waals surface area contributed by atoms with Crippen LogP contribution >= 0.6 is 0 Å². The van der Waals surface area contributed by atoms with E-state index in [9.17, 15) is 9.90 Å². The Kier molecular flexibility index (Phi) is 7.84. The van der Waals surface area contributed by atoms with Gasteiger partial charge in [0.25, 0.3) is 0 Å². The Morgan fingerprint density at radius 3 is 2.58 bits per heavy atom. The Hall–Kier alpha value is -4.72. The second-order valence-electron chi connectivity index (χ2n) is 11.4. The van der Waals surface area contributed by atoms with Crippen LogP contribution in [-0.2, 0) is 26.3 Å². The van der Waals surface area contributed by atoms with E-state index in [1.807, 2.05) is 17.9 Å². The number of carboxylic acid groups (broad SMARTS) is 1. The van der Waals surface area contributed by atoms with Crippen molar-refractivity contribution in [3.63, 3.8) is 0 Å². The molecule has 2 aliphatic rings. The summed E-state index contributed by atoms with van der Waals surface area (Å²) >= 11 is 0. The zero-order valence-corrected chi connectivity index (χ0v) is 25.3. The van der Waals surface area contributed by atoms with Crippen molar-refractivity contribution in [2.45, 2.75) is 52.9 Å². The maximum Gasteiger partial charge on any atom is 0.335 e. The Morgan fingerprint density at radius 1 is 1.05 bits per heavy atom. The highest BCUT2D eigenvalue weighted by molar-refractivity contribution is 5.89. The smallest absolute Gasteiger partial charge is 0.335 e. The average Bonchev–Trinajstić information content (AvgIpc) is 3.23. The highest BCUT2D eigenvalue weighted by atomic mass is 16.4. The highest BCUT2D eigenvalue weighted by Gasteiger charge is 2.27. The molecule has 2 aromatic carbocycles. The molecule has 4 aromatic rings. The molecule has 0 saturated carbocycles. The van der Waals surface area contributed by atoms with E-state index in [1.165, 1.54) is 16.7 Å². The van der Waals surface area contributed by atoms with E-state index in [0.717, 1.165) is 90.2 Å². The maximum absolute atomic E-state index is 11.5. The predicted molar refractivity (Wildman–Crippen MR) is 171 cm³/mol. The molecule has 2 aromatic heterocycles. The molecule has 0 bridgehead atoms. The number of rotatable bonds is 8. The minimum atomic E-state index is -0.931. The zero-order chi connectivity index (χ0) is 30.1. The van der Waals surface area contributed by atoms with E-state index in [1.54, 1.807) is 18.2 Å². The molecule has 8 heteroatoms. The van der Waals surface area contributed by atoms with Gasteiger partial charge in [-0.15, -0.1) is 0 Å². The fourth-order valence-corrected chi connectivity index (χ4v) is 6.08. The third-order valence-corrected chi connectivity index (χ3v) is 8.38. The topological polar surface area (TPSA) is 96.2 Å². The van der Waals surface area contributed by atoms with Crippen LogP contribution in [-0.4, -0.2) is 48.8 Å². The third-order valence-electron chi connectivity index (χ3n) is 8.38. The normalized spacial score (nSPS) is 14.4. The molecule has 0 unspecified atom stereocenters. The van der Waals surface area contributed by atoms with Gasteiger partial charge in [-0.05, 0) is 80.0 Å². The summed E-state index contributed by atoms with van der Waals surface area (Å²) in [5.74, 6) is -0.445. The van der Waals surface area contributed by atoms with Crippen molar-refractivity contribution in [3.05, 3.63) is 94.5 Å². The molecule has 1 aliphatic carbocycles. The maximum atomic E-state index is 11.5. The third kappa shape index (κ3) is 5.69. The molecule has 220 valence electrons. The van der Waals surface area contributed by atoms with Gasteiger partial charge in [-0.1, -0.05) is 49.3 Å². The number of aromatic nitrogens is 4. The highest BCUT2D eigenvalue weighted by Crippen LogP contribution is 2.40. The van der Waals surface area contributed by atoms with Gasteiger partial charge in [-0.3, -0.25) is 4.68 Å². The molecular weight excluding hydrogens is 536 g/mol. The van der Waals surface area contributed by atoms with Crippen molar-refractivity contribution in [1.82, 2.24) is 24.6 Å². The van der Waals surface area contributed by atoms with E-state index in [4.69, 9.17) is 10.1 Å². The van der Waals surface area contributed by atoms with Crippen LogP contribution in [0.5, 0.6) is 0 Å². The molecule has 0 fully saturated rings. The number of aryl methyl sites for hydroxylation is 4. The number of carboxylic acids is 1. The van der Waals surface area contributed by atoms with E-state index < -0.39 is 5.97 Å². The Bertz CT molecular complexity index is 1750. The van der Waals surface area contributed by atoms with Crippen LogP contribution in [0.4, 0.5) is 11.6 Å². The average molecular weight is 575 g/mol. The Morgan fingerprint density at radius 2 is 1.84 bits per heavy atom. The van der Waals surface area contributed by atoms with Gasteiger partial charge in [0, 0.05) is 49.3 Å². The van der Waals surface area contributed by atoms with Gasteiger partial charge in [0.2, 0.25) is 5.95 Å². The minimum Gasteiger partial charge on any atom is -0.478 e. The molecule has 0 saturated heterocycles. The molecule has 0 radical (unpaired) electrons. The molecule has 0 amide bonds. The van der Waals surface area contributed by atoms with Crippen molar-refractivity contribution in [1.29, 1.82) is 0 Å². The standard InChI is InChI=1S/C35H38N6O2/c1-5-7-25-19-26(34(42)43)12-14-29(25)37-35-36-20-27-13-15-30-31(32(27)38-35)33(40(4)39-30)24-10-8-23(9-11-24)28-18-22(3)16-17-41(6-2)21-28/h8-12,14,18-21H,5-7,13,15-17H2,1-4H3,(H,42,43)(H,36,37,38). The van der Waals surface area contributed by atoms with E-state index in [2.05, 4.69) is 72.5 Å². The SMILES string of the molecule is CCCc1cc(C(=O)O)ccc1Nc1ncc2c(n1)-c1c(nn(C)c1-c1ccc(C3=CN(CC)CCC(C)=C3)cc1)CC2. The molecule has 8 nitrogen and oxygen atoms in total. The number of hydrogen-bond donors (Lipinski definition) is 2. The molecular formula is C35H38N6O2. The fourth-order valence-electron chi connectivity index (χ4n) is 6.08. The van der Waals surface area contributed by atoms with Gasteiger partial charge in [-0.25, -0.2) is 14.8 Å². The van der Waals surface area contributed by atoms with Gasteiger partial charge in [0.15, 0.2) is 0 Å². The fraction of sp³-hybridized carbons (Fsp3) is 0.314. The molecule has 0 atom stereocenters. The number of carbonyl (C=O) groups is 1. The molecule has 6 rings (SSSR count).